The maximum Gasteiger partial charge on any atom is 0.271 e. The minimum Gasteiger partial charge on any atom is -0.491 e. The van der Waals surface area contributed by atoms with E-state index in [4.69, 9.17) is 28.4 Å². The molecule has 1 aliphatic carbocycles. The first-order valence-corrected chi connectivity index (χ1v) is 28.4. The lowest BCUT2D eigenvalue weighted by Crippen LogP contribution is -2.33. The fraction of sp³-hybridized carbons (Fsp3) is 0.536. The Kier molecular flexibility index (Phi) is 17.0. The van der Waals surface area contributed by atoms with E-state index in [1.807, 2.05) is 0 Å². The zero-order valence-electron chi connectivity index (χ0n) is 44.8. The van der Waals surface area contributed by atoms with Crippen LogP contribution in [0.4, 0.5) is 0 Å². The van der Waals surface area contributed by atoms with Gasteiger partial charge < -0.3 is 28.4 Å². The van der Waals surface area contributed by atoms with Crippen molar-refractivity contribution >= 4 is 31.9 Å². The van der Waals surface area contributed by atoms with Crippen molar-refractivity contribution in [1.29, 1.82) is 0 Å². The van der Waals surface area contributed by atoms with Crippen LogP contribution in [-0.2, 0) is 86.5 Å². The molecule has 0 aromatic heterocycles. The van der Waals surface area contributed by atoms with Gasteiger partial charge in [0.2, 0.25) is 20.0 Å². The Labute approximate surface area is 428 Å². The number of fused-ring (bicyclic) bond motifs is 2. The normalized spacial score (nSPS) is 15.4. The lowest BCUT2D eigenvalue weighted by molar-refractivity contribution is -0.122. The average Bonchev–Trinajstić information content (AvgIpc) is 3.21. The zero-order valence-corrected chi connectivity index (χ0v) is 46.5. The topological polar surface area (TPSA) is 182 Å². The van der Waals surface area contributed by atoms with Gasteiger partial charge in [-0.1, -0.05) is 132 Å². The summed E-state index contributed by atoms with van der Waals surface area (Å²) in [7, 11) is -7.77. The summed E-state index contributed by atoms with van der Waals surface area (Å²) < 4.78 is 92.3. The summed E-state index contributed by atoms with van der Waals surface area (Å²) in [6.45, 7) is 26.2. The number of ether oxygens (including phenoxy) is 6. The molecule has 0 spiro atoms. The zero-order chi connectivity index (χ0) is 53.2. The lowest BCUT2D eigenvalue weighted by Gasteiger charge is -2.29. The summed E-state index contributed by atoms with van der Waals surface area (Å²) in [5.74, 6) is 0.465. The van der Waals surface area contributed by atoms with Crippen LogP contribution in [0.3, 0.4) is 0 Å². The molecule has 394 valence electrons. The Hall–Kier alpha value is -5.16. The van der Waals surface area contributed by atoms with E-state index < -0.39 is 45.1 Å². The molecule has 14 nitrogen and oxygen atoms in total. The monoisotopic (exact) mass is 1030 g/mol. The number of amides is 2. The van der Waals surface area contributed by atoms with Crippen LogP contribution in [0.25, 0.3) is 0 Å². The third-order valence-electron chi connectivity index (χ3n) is 12.6. The van der Waals surface area contributed by atoms with Gasteiger partial charge >= 0.3 is 0 Å². The summed E-state index contributed by atoms with van der Waals surface area (Å²) >= 11 is 0. The molecule has 2 N–H and O–H groups in total. The fourth-order valence-corrected chi connectivity index (χ4v) is 9.78. The molecule has 0 atom stereocenters. The highest BCUT2D eigenvalue weighted by atomic mass is 32.2. The van der Waals surface area contributed by atoms with Crippen LogP contribution < -0.4 is 28.4 Å². The van der Waals surface area contributed by atoms with Gasteiger partial charge in [0.15, 0.2) is 13.2 Å². The molecule has 0 saturated heterocycles. The second-order valence-electron chi connectivity index (χ2n) is 23.3. The molecule has 1 aliphatic heterocycles. The second-order valence-corrected chi connectivity index (χ2v) is 26.8. The van der Waals surface area contributed by atoms with Crippen molar-refractivity contribution in [2.75, 3.05) is 65.4 Å². The number of sulfonamides is 2. The Bertz CT molecular complexity index is 2600. The van der Waals surface area contributed by atoms with Gasteiger partial charge in [0.05, 0.1) is 38.9 Å². The molecular formula is C56H76N2O12S2. The first-order valence-electron chi connectivity index (χ1n) is 24.6. The van der Waals surface area contributed by atoms with Crippen LogP contribution in [0.15, 0.2) is 48.5 Å². The largest absolute Gasteiger partial charge is 0.491 e. The second kappa shape index (κ2) is 21.7. The maximum atomic E-state index is 13.3. The third-order valence-corrected chi connectivity index (χ3v) is 13.8. The molecule has 16 heteroatoms. The van der Waals surface area contributed by atoms with Gasteiger partial charge in [-0.3, -0.25) is 19.0 Å². The first kappa shape index (κ1) is 56.1. The third kappa shape index (κ3) is 15.2. The van der Waals surface area contributed by atoms with Gasteiger partial charge in [-0.2, -0.15) is 0 Å². The average molecular weight is 1030 g/mol. The number of nitrogens with one attached hydrogen (secondary N) is 2. The van der Waals surface area contributed by atoms with E-state index in [-0.39, 0.29) is 73.8 Å². The minimum atomic E-state index is -3.89. The van der Waals surface area contributed by atoms with Crippen molar-refractivity contribution in [2.45, 2.75) is 130 Å². The Morgan fingerprint density at radius 2 is 0.667 bits per heavy atom. The predicted octanol–water partition coefficient (Wildman–Crippen LogP) is 8.27. The number of benzene rings is 4. The molecule has 0 radical (unpaired) electrons. The Balaban J connectivity index is 1.80. The van der Waals surface area contributed by atoms with Crippen LogP contribution in [0.5, 0.6) is 23.0 Å². The molecule has 4 aromatic rings. The molecular weight excluding hydrogens is 957 g/mol. The van der Waals surface area contributed by atoms with Crippen molar-refractivity contribution in [3.8, 4) is 23.0 Å². The van der Waals surface area contributed by atoms with Crippen molar-refractivity contribution in [2.24, 2.45) is 0 Å². The van der Waals surface area contributed by atoms with Gasteiger partial charge in [0.1, 0.15) is 36.2 Å². The van der Waals surface area contributed by atoms with E-state index in [1.165, 1.54) is 0 Å². The van der Waals surface area contributed by atoms with E-state index in [1.54, 1.807) is 0 Å². The number of carbonyl (C=O) groups is 2. The van der Waals surface area contributed by atoms with Crippen LogP contribution in [0, 0.1) is 0 Å². The SMILES string of the molecule is CC(C)(C)c1cc2c3c(c1)Cc1cc(C(C)(C)C)cc(c1OCC(=O)NS(C)(=O)=O)Cc1cc(C(C)(C)C)cc(c1OCCOCCOCCO3)Cc1cc(C(C)(C)C)cc(c1OCC(=O)NS(C)(=O)=O)C2. The summed E-state index contributed by atoms with van der Waals surface area (Å²) in [5.41, 5.74) is 9.01. The Morgan fingerprint density at radius 3 is 0.903 bits per heavy atom. The van der Waals surface area contributed by atoms with Crippen molar-refractivity contribution < 1.29 is 54.8 Å². The summed E-state index contributed by atoms with van der Waals surface area (Å²) in [4.78, 5) is 26.6. The highest BCUT2D eigenvalue weighted by Gasteiger charge is 2.30. The number of rotatable bonds is 8. The van der Waals surface area contributed by atoms with Gasteiger partial charge in [0, 0.05) is 25.7 Å². The van der Waals surface area contributed by atoms with E-state index in [0.29, 0.717) is 36.2 Å². The van der Waals surface area contributed by atoms with E-state index in [2.05, 4.69) is 141 Å². The van der Waals surface area contributed by atoms with E-state index in [9.17, 15) is 26.4 Å². The smallest absolute Gasteiger partial charge is 0.271 e. The predicted molar refractivity (Wildman–Crippen MR) is 281 cm³/mol. The molecule has 4 aromatic carbocycles. The quantitative estimate of drug-likeness (QED) is 0.152. The van der Waals surface area contributed by atoms with Gasteiger partial charge in [-0.25, -0.2) is 16.8 Å². The number of carbonyl (C=O) groups excluding carboxylic acids is 2. The van der Waals surface area contributed by atoms with Crippen molar-refractivity contribution in [3.05, 3.63) is 115 Å². The number of hydrogen-bond acceptors (Lipinski definition) is 12. The lowest BCUT2D eigenvalue weighted by atomic mass is 9.79. The van der Waals surface area contributed by atoms with E-state index in [0.717, 1.165) is 79.3 Å². The van der Waals surface area contributed by atoms with Crippen LogP contribution in [0.2, 0.25) is 0 Å². The number of hydrogen-bond donors (Lipinski definition) is 2. The van der Waals surface area contributed by atoms with Crippen molar-refractivity contribution in [1.82, 2.24) is 9.44 Å². The van der Waals surface area contributed by atoms with Crippen LogP contribution in [0.1, 0.15) is 150 Å². The molecule has 1 heterocycles. The molecule has 2 amide bonds. The van der Waals surface area contributed by atoms with Gasteiger partial charge in [-0.15, -0.1) is 0 Å². The van der Waals surface area contributed by atoms with E-state index >= 15 is 0 Å². The molecule has 72 heavy (non-hydrogen) atoms. The van der Waals surface area contributed by atoms with Crippen LogP contribution in [-0.4, -0.2) is 94.0 Å². The Morgan fingerprint density at radius 1 is 0.431 bits per heavy atom. The highest BCUT2D eigenvalue weighted by molar-refractivity contribution is 7.89. The molecule has 0 unspecified atom stereocenters. The standard InChI is InChI=1S/C56H76N2O12S2/c1-53(2,3)43-25-35-21-39-29-45(55(7,8)9)31-41(51(39)69-33-47(59)57-71(13,61)62)23-37-27-44(54(4,5)6)28-38-24-42-32-46(56(10,11)12)30-40(52(42)70-34-48(60)58-72(14,63)64)22-36(26-43)49(35)67-19-17-65-15-16-66-18-20-68-50(37)38/h25-32H,15-24,33-34H2,1-14H3,(H,57,59)(H,58,60). The highest BCUT2D eigenvalue weighted by Crippen LogP contribution is 2.44. The molecule has 0 saturated carbocycles. The molecule has 0 fully saturated rings. The first-order chi connectivity index (χ1) is 33.2. The fourth-order valence-electron chi connectivity index (χ4n) is 8.84. The summed E-state index contributed by atoms with van der Waals surface area (Å²) in [6.07, 6.45) is 2.97. The molecule has 10 bridgehead atoms. The maximum absolute atomic E-state index is 13.3. The van der Waals surface area contributed by atoms with Crippen LogP contribution >= 0.6 is 0 Å². The van der Waals surface area contributed by atoms with Crippen molar-refractivity contribution in [3.63, 3.8) is 0 Å². The van der Waals surface area contributed by atoms with Gasteiger partial charge in [-0.05, 0) is 88.4 Å². The van der Waals surface area contributed by atoms with Gasteiger partial charge in [0.25, 0.3) is 11.8 Å². The molecule has 6 rings (SSSR count). The minimum absolute atomic E-state index is 0.190. The molecule has 2 aliphatic rings. The summed E-state index contributed by atoms with van der Waals surface area (Å²) in [5, 5.41) is 0. The summed E-state index contributed by atoms with van der Waals surface area (Å²) in [6, 6.07) is 17.0.